The highest BCUT2D eigenvalue weighted by molar-refractivity contribution is 7.98. The molecule has 4 heteroatoms. The molecule has 0 heterocycles. The molecule has 1 aromatic carbocycles. The average Bonchev–Trinajstić information content (AvgIpc) is 2.25. The molecule has 0 amide bonds. The van der Waals surface area contributed by atoms with Gasteiger partial charge < -0.3 is 4.90 Å². The zero-order chi connectivity index (χ0) is 11.3. The lowest BCUT2D eigenvalue weighted by molar-refractivity contribution is 0.622. The van der Waals surface area contributed by atoms with Crippen LogP contribution in [0.5, 0.6) is 0 Å². The summed E-state index contributed by atoms with van der Waals surface area (Å²) < 4.78 is 13.6. The molecule has 84 valence electrons. The maximum Gasteiger partial charge on any atom is 0.146 e. The molecule has 0 saturated carbocycles. The van der Waals surface area contributed by atoms with Crippen LogP contribution in [-0.2, 0) is 5.88 Å². The monoisotopic (exact) mass is 247 g/mol. The minimum absolute atomic E-state index is 0.197. The summed E-state index contributed by atoms with van der Waals surface area (Å²) in [6, 6.07) is 5.03. The predicted octanol–water partition coefficient (Wildman–Crippen LogP) is 3.36. The Kier molecular flexibility index (Phi) is 5.26. The third kappa shape index (κ3) is 3.28. The van der Waals surface area contributed by atoms with Crippen molar-refractivity contribution in [1.82, 2.24) is 0 Å². The molecule has 0 aliphatic heterocycles. The van der Waals surface area contributed by atoms with E-state index in [4.69, 9.17) is 11.6 Å². The Labute approximate surface area is 99.6 Å². The third-order valence-electron chi connectivity index (χ3n) is 2.23. The minimum Gasteiger partial charge on any atom is -0.371 e. The fourth-order valence-corrected chi connectivity index (χ4v) is 2.11. The average molecular weight is 248 g/mol. The summed E-state index contributed by atoms with van der Waals surface area (Å²) in [7, 11) is 1.89. The second kappa shape index (κ2) is 6.23. The Bertz CT molecular complexity index is 319. The van der Waals surface area contributed by atoms with Gasteiger partial charge in [-0.05, 0) is 17.9 Å². The molecule has 0 atom stereocenters. The van der Waals surface area contributed by atoms with Crippen molar-refractivity contribution >= 4 is 29.1 Å². The number of benzene rings is 1. The molecule has 0 bridgehead atoms. The van der Waals surface area contributed by atoms with Gasteiger partial charge in [-0.3, -0.25) is 0 Å². The summed E-state index contributed by atoms with van der Waals surface area (Å²) >= 11 is 7.53. The number of halogens is 2. The maximum atomic E-state index is 13.6. The Hall–Kier alpha value is -0.410. The first kappa shape index (κ1) is 12.7. The Balaban J connectivity index is 2.90. The second-order valence-electron chi connectivity index (χ2n) is 3.30. The van der Waals surface area contributed by atoms with Crippen LogP contribution in [0, 0.1) is 5.82 Å². The maximum absolute atomic E-state index is 13.6. The number of rotatable bonds is 5. The van der Waals surface area contributed by atoms with Crippen molar-refractivity contribution in [1.29, 1.82) is 0 Å². The van der Waals surface area contributed by atoms with E-state index in [2.05, 4.69) is 0 Å². The van der Waals surface area contributed by atoms with E-state index in [1.165, 1.54) is 6.07 Å². The van der Waals surface area contributed by atoms with Crippen molar-refractivity contribution in [3.05, 3.63) is 29.6 Å². The SMILES string of the molecule is CSCCN(C)c1c(F)cccc1CCl. The summed E-state index contributed by atoms with van der Waals surface area (Å²) in [6.07, 6.45) is 2.04. The molecule has 15 heavy (non-hydrogen) atoms. The van der Waals surface area contributed by atoms with Gasteiger partial charge in [0, 0.05) is 25.2 Å². The molecule has 0 unspecified atom stereocenters. The molecule has 1 aromatic rings. The van der Waals surface area contributed by atoms with Gasteiger partial charge >= 0.3 is 0 Å². The topological polar surface area (TPSA) is 3.24 Å². The largest absolute Gasteiger partial charge is 0.371 e. The van der Waals surface area contributed by atoms with Gasteiger partial charge in [0.1, 0.15) is 5.82 Å². The highest BCUT2D eigenvalue weighted by Crippen LogP contribution is 2.24. The van der Waals surface area contributed by atoms with E-state index < -0.39 is 0 Å². The van der Waals surface area contributed by atoms with Crippen molar-refractivity contribution in [2.45, 2.75) is 5.88 Å². The van der Waals surface area contributed by atoms with Gasteiger partial charge in [0.2, 0.25) is 0 Å². The zero-order valence-electron chi connectivity index (χ0n) is 8.96. The summed E-state index contributed by atoms with van der Waals surface area (Å²) in [5.74, 6) is 1.13. The van der Waals surface area contributed by atoms with Crippen LogP contribution in [-0.4, -0.2) is 25.6 Å². The van der Waals surface area contributed by atoms with Crippen LogP contribution in [0.25, 0.3) is 0 Å². The predicted molar refractivity (Wildman–Crippen MR) is 67.6 cm³/mol. The van der Waals surface area contributed by atoms with Gasteiger partial charge in [0.15, 0.2) is 0 Å². The third-order valence-corrected chi connectivity index (χ3v) is 3.11. The number of hydrogen-bond acceptors (Lipinski definition) is 2. The highest BCUT2D eigenvalue weighted by Gasteiger charge is 2.11. The first-order valence-corrected chi connectivity index (χ1v) is 6.67. The van der Waals surface area contributed by atoms with Crippen molar-refractivity contribution in [3.63, 3.8) is 0 Å². The first-order chi connectivity index (χ1) is 7.20. The lowest BCUT2D eigenvalue weighted by Gasteiger charge is -2.22. The molecule has 1 nitrogen and oxygen atoms in total. The van der Waals surface area contributed by atoms with Gasteiger partial charge in [0.05, 0.1) is 5.69 Å². The minimum atomic E-state index is -0.197. The summed E-state index contributed by atoms with van der Waals surface area (Å²) in [6.45, 7) is 0.825. The van der Waals surface area contributed by atoms with Crippen molar-refractivity contribution in [2.24, 2.45) is 0 Å². The van der Waals surface area contributed by atoms with Crippen molar-refractivity contribution < 1.29 is 4.39 Å². The van der Waals surface area contributed by atoms with Crippen LogP contribution < -0.4 is 4.90 Å². The summed E-state index contributed by atoms with van der Waals surface area (Å²) in [5.41, 5.74) is 1.47. The quantitative estimate of drug-likeness (QED) is 0.734. The van der Waals surface area contributed by atoms with Crippen LogP contribution in [0.4, 0.5) is 10.1 Å². The molecule has 0 saturated heterocycles. The van der Waals surface area contributed by atoms with E-state index in [1.807, 2.05) is 24.3 Å². The number of alkyl halides is 1. The molecule has 0 aromatic heterocycles. The lowest BCUT2D eigenvalue weighted by Crippen LogP contribution is -2.22. The van der Waals surface area contributed by atoms with Gasteiger partial charge in [-0.15, -0.1) is 11.6 Å². The van der Waals surface area contributed by atoms with E-state index in [0.717, 1.165) is 17.9 Å². The van der Waals surface area contributed by atoms with E-state index in [1.54, 1.807) is 17.8 Å². The Morgan fingerprint density at radius 2 is 2.20 bits per heavy atom. The van der Waals surface area contributed by atoms with Crippen LogP contribution in [0.2, 0.25) is 0 Å². The van der Waals surface area contributed by atoms with E-state index in [-0.39, 0.29) is 5.82 Å². The zero-order valence-corrected chi connectivity index (χ0v) is 10.5. The fourth-order valence-electron chi connectivity index (χ4n) is 1.44. The molecule has 0 radical (unpaired) electrons. The molecule has 0 N–H and O–H groups in total. The molecule has 0 aliphatic rings. The number of nitrogens with zero attached hydrogens (tertiary/aromatic N) is 1. The van der Waals surface area contributed by atoms with Crippen LogP contribution in [0.3, 0.4) is 0 Å². The fraction of sp³-hybridized carbons (Fsp3) is 0.455. The molecule has 1 rings (SSSR count). The molecule has 0 aliphatic carbocycles. The second-order valence-corrected chi connectivity index (χ2v) is 4.55. The van der Waals surface area contributed by atoms with Crippen molar-refractivity contribution in [3.8, 4) is 0 Å². The Morgan fingerprint density at radius 3 is 2.80 bits per heavy atom. The number of thioether (sulfide) groups is 1. The normalized spacial score (nSPS) is 10.4. The van der Waals surface area contributed by atoms with E-state index >= 15 is 0 Å². The van der Waals surface area contributed by atoms with Gasteiger partial charge in [0.25, 0.3) is 0 Å². The summed E-state index contributed by atoms with van der Waals surface area (Å²) in [4.78, 5) is 1.92. The number of anilines is 1. The molecule has 0 fully saturated rings. The van der Waals surface area contributed by atoms with Gasteiger partial charge in [-0.1, -0.05) is 12.1 Å². The van der Waals surface area contributed by atoms with Crippen molar-refractivity contribution in [2.75, 3.05) is 30.5 Å². The van der Waals surface area contributed by atoms with Crippen LogP contribution in [0.1, 0.15) is 5.56 Å². The van der Waals surface area contributed by atoms with Gasteiger partial charge in [-0.2, -0.15) is 11.8 Å². The van der Waals surface area contributed by atoms with Crippen LogP contribution >= 0.6 is 23.4 Å². The highest BCUT2D eigenvalue weighted by atomic mass is 35.5. The smallest absolute Gasteiger partial charge is 0.146 e. The van der Waals surface area contributed by atoms with Crippen LogP contribution in [0.15, 0.2) is 18.2 Å². The van der Waals surface area contributed by atoms with E-state index in [9.17, 15) is 4.39 Å². The molecular formula is C11H15ClFNS. The molecule has 0 spiro atoms. The number of para-hydroxylation sites is 1. The number of hydrogen-bond donors (Lipinski definition) is 0. The lowest BCUT2D eigenvalue weighted by atomic mass is 10.2. The Morgan fingerprint density at radius 1 is 1.47 bits per heavy atom. The summed E-state index contributed by atoms with van der Waals surface area (Å²) in [5, 5.41) is 0. The van der Waals surface area contributed by atoms with Gasteiger partial charge in [-0.25, -0.2) is 4.39 Å². The first-order valence-electron chi connectivity index (χ1n) is 4.74. The standard InChI is InChI=1S/C11H15ClFNS/c1-14(6-7-15-2)11-9(8-12)4-3-5-10(11)13/h3-5H,6-8H2,1-2H3. The van der Waals surface area contributed by atoms with E-state index in [0.29, 0.717) is 11.6 Å². The molecular weight excluding hydrogens is 233 g/mol.